The van der Waals surface area contributed by atoms with Crippen LogP contribution in [0, 0.1) is 0 Å². The van der Waals surface area contributed by atoms with E-state index in [9.17, 15) is 29.3 Å². The molecule has 0 aliphatic heterocycles. The molecule has 11 heteroatoms. The lowest BCUT2D eigenvalue weighted by Gasteiger charge is -2.20. The first-order chi connectivity index (χ1) is 26.3. The van der Waals surface area contributed by atoms with Crippen molar-refractivity contribution in [2.45, 2.75) is 212 Å². The van der Waals surface area contributed by atoms with Crippen molar-refractivity contribution in [3.8, 4) is 0 Å². The summed E-state index contributed by atoms with van der Waals surface area (Å²) < 4.78 is 32.6. The second kappa shape index (κ2) is 39.7. The average molecular weight is 789 g/mol. The molecule has 3 atom stereocenters. The summed E-state index contributed by atoms with van der Waals surface area (Å²) in [5.74, 6) is -1.03. The molecular formula is C43H81O10P. The van der Waals surface area contributed by atoms with Crippen LogP contribution in [0.15, 0.2) is 24.3 Å². The van der Waals surface area contributed by atoms with Crippen LogP contribution in [0.2, 0.25) is 0 Å². The third-order valence-corrected chi connectivity index (χ3v) is 10.4. The van der Waals surface area contributed by atoms with Crippen molar-refractivity contribution in [1.29, 1.82) is 0 Å². The maximum absolute atomic E-state index is 12.4. The number of esters is 2. The lowest BCUT2D eigenvalue weighted by Crippen LogP contribution is -2.28. The Morgan fingerprint density at radius 1 is 0.500 bits per heavy atom. The SMILES string of the molecule is CCCCC/C=C\C/C=C\CCCCCCCC(=O)OC(CO)COP(=O)(O)OCC(CO)OC(=O)CCCCCCCCCCCCCCCCCC. The van der Waals surface area contributed by atoms with E-state index in [1.807, 2.05) is 0 Å². The molecule has 0 aromatic heterocycles. The maximum Gasteiger partial charge on any atom is 0.472 e. The number of rotatable bonds is 41. The van der Waals surface area contributed by atoms with E-state index in [2.05, 4.69) is 38.2 Å². The van der Waals surface area contributed by atoms with E-state index in [0.717, 1.165) is 64.2 Å². The van der Waals surface area contributed by atoms with Crippen LogP contribution in [0.1, 0.15) is 200 Å². The van der Waals surface area contributed by atoms with Crippen LogP contribution in [0.5, 0.6) is 0 Å². The molecule has 318 valence electrons. The van der Waals surface area contributed by atoms with Gasteiger partial charge in [-0.25, -0.2) is 4.57 Å². The number of hydrogen-bond acceptors (Lipinski definition) is 9. The standard InChI is InChI=1S/C43H81O10P/c1-3-5-7-9-11-13-15-17-19-21-23-25-27-29-31-33-35-43(47)53-41(37-45)39-51-54(48,49)50-38-40(36-44)52-42(46)34-32-30-28-26-24-22-20-18-16-14-12-10-8-6-4-2/h12,14,18,20,40-41,44-45H,3-11,13,15-17,19,21-39H2,1-2H3,(H,48,49)/b14-12-,20-18-. The quantitative estimate of drug-likeness (QED) is 0.0236. The molecule has 3 N–H and O–H groups in total. The van der Waals surface area contributed by atoms with E-state index in [4.69, 9.17) is 18.5 Å². The highest BCUT2D eigenvalue weighted by Crippen LogP contribution is 2.43. The van der Waals surface area contributed by atoms with Gasteiger partial charge in [0.05, 0.1) is 26.4 Å². The smallest absolute Gasteiger partial charge is 0.457 e. The topological polar surface area (TPSA) is 149 Å². The lowest BCUT2D eigenvalue weighted by molar-refractivity contribution is -0.153. The molecule has 0 fully saturated rings. The van der Waals surface area contributed by atoms with Gasteiger partial charge in [-0.1, -0.05) is 167 Å². The Morgan fingerprint density at radius 3 is 1.19 bits per heavy atom. The fraction of sp³-hybridized carbons (Fsp3) is 0.860. The first kappa shape index (κ1) is 52.5. The number of aliphatic hydroxyl groups excluding tert-OH is 2. The Kier molecular flexibility index (Phi) is 38.5. The molecule has 0 saturated carbocycles. The first-order valence-corrected chi connectivity index (χ1v) is 23.3. The number of phosphoric acid groups is 1. The van der Waals surface area contributed by atoms with E-state index in [1.165, 1.54) is 96.3 Å². The van der Waals surface area contributed by atoms with Gasteiger partial charge in [-0.3, -0.25) is 18.6 Å². The summed E-state index contributed by atoms with van der Waals surface area (Å²) >= 11 is 0. The number of phosphoric ester groups is 1. The van der Waals surface area contributed by atoms with Crippen LogP contribution in [-0.4, -0.2) is 65.7 Å². The molecule has 0 aromatic carbocycles. The number of carbonyl (C=O) groups is 2. The van der Waals surface area contributed by atoms with Crippen LogP contribution in [0.25, 0.3) is 0 Å². The summed E-state index contributed by atoms with van der Waals surface area (Å²) in [5, 5.41) is 19.2. The normalized spacial score (nSPS) is 14.1. The highest BCUT2D eigenvalue weighted by molar-refractivity contribution is 7.47. The molecule has 3 unspecified atom stereocenters. The fourth-order valence-electron chi connectivity index (χ4n) is 6.03. The number of unbranched alkanes of at least 4 members (excludes halogenated alkanes) is 23. The summed E-state index contributed by atoms with van der Waals surface area (Å²) in [6, 6.07) is 0. The van der Waals surface area contributed by atoms with Gasteiger partial charge in [-0.2, -0.15) is 0 Å². The summed E-state index contributed by atoms with van der Waals surface area (Å²) in [6.45, 7) is 2.18. The lowest BCUT2D eigenvalue weighted by atomic mass is 10.0. The molecule has 0 bridgehead atoms. The molecule has 0 spiro atoms. The molecule has 0 amide bonds. The number of aliphatic hydroxyl groups is 2. The van der Waals surface area contributed by atoms with Crippen molar-refractivity contribution in [2.24, 2.45) is 0 Å². The van der Waals surface area contributed by atoms with E-state index in [1.54, 1.807) is 0 Å². The zero-order valence-electron chi connectivity index (χ0n) is 34.4. The zero-order chi connectivity index (χ0) is 39.8. The van der Waals surface area contributed by atoms with E-state index < -0.39 is 58.4 Å². The van der Waals surface area contributed by atoms with Crippen molar-refractivity contribution in [3.63, 3.8) is 0 Å². The van der Waals surface area contributed by atoms with E-state index >= 15 is 0 Å². The van der Waals surface area contributed by atoms with Gasteiger partial charge in [0.2, 0.25) is 0 Å². The predicted molar refractivity (Wildman–Crippen MR) is 219 cm³/mol. The van der Waals surface area contributed by atoms with Crippen molar-refractivity contribution in [1.82, 2.24) is 0 Å². The van der Waals surface area contributed by atoms with Gasteiger partial charge in [-0.15, -0.1) is 0 Å². The monoisotopic (exact) mass is 789 g/mol. The molecule has 10 nitrogen and oxygen atoms in total. The molecular weight excluding hydrogens is 707 g/mol. The van der Waals surface area contributed by atoms with Gasteiger partial charge in [0.1, 0.15) is 12.2 Å². The molecule has 0 rings (SSSR count). The highest BCUT2D eigenvalue weighted by Gasteiger charge is 2.27. The fourth-order valence-corrected chi connectivity index (χ4v) is 6.81. The van der Waals surface area contributed by atoms with Crippen LogP contribution < -0.4 is 0 Å². The van der Waals surface area contributed by atoms with Gasteiger partial charge in [0, 0.05) is 12.8 Å². The zero-order valence-corrected chi connectivity index (χ0v) is 35.3. The molecule has 0 radical (unpaired) electrons. The molecule has 0 aliphatic rings. The van der Waals surface area contributed by atoms with Crippen molar-refractivity contribution in [2.75, 3.05) is 26.4 Å². The van der Waals surface area contributed by atoms with Crippen molar-refractivity contribution in [3.05, 3.63) is 24.3 Å². The largest absolute Gasteiger partial charge is 0.472 e. The predicted octanol–water partition coefficient (Wildman–Crippen LogP) is 11.4. The maximum atomic E-state index is 12.4. The molecule has 0 aliphatic carbocycles. The summed E-state index contributed by atoms with van der Waals surface area (Å²) in [4.78, 5) is 34.5. The van der Waals surface area contributed by atoms with Crippen LogP contribution >= 0.6 is 7.82 Å². The van der Waals surface area contributed by atoms with Gasteiger partial charge in [-0.05, 0) is 44.9 Å². The average Bonchev–Trinajstić information content (AvgIpc) is 3.16. The highest BCUT2D eigenvalue weighted by atomic mass is 31.2. The molecule has 0 saturated heterocycles. The van der Waals surface area contributed by atoms with Gasteiger partial charge in [0.15, 0.2) is 0 Å². The minimum atomic E-state index is -4.63. The van der Waals surface area contributed by atoms with Crippen LogP contribution in [0.4, 0.5) is 0 Å². The summed E-state index contributed by atoms with van der Waals surface area (Å²) in [7, 11) is -4.63. The summed E-state index contributed by atoms with van der Waals surface area (Å²) in [6.07, 6.45) is 38.6. The third-order valence-electron chi connectivity index (χ3n) is 9.42. The Labute approximate surface area is 329 Å². The Morgan fingerprint density at radius 2 is 0.815 bits per heavy atom. The van der Waals surface area contributed by atoms with Crippen molar-refractivity contribution < 1.29 is 47.8 Å². The Balaban J connectivity index is 3.92. The molecule has 0 aromatic rings. The van der Waals surface area contributed by atoms with E-state index in [0.29, 0.717) is 12.8 Å². The van der Waals surface area contributed by atoms with Gasteiger partial charge >= 0.3 is 19.8 Å². The number of hydrogen-bond donors (Lipinski definition) is 3. The van der Waals surface area contributed by atoms with Crippen molar-refractivity contribution >= 4 is 19.8 Å². The Hall–Kier alpha value is -1.55. The number of allylic oxidation sites excluding steroid dienone is 4. The second-order valence-corrected chi connectivity index (χ2v) is 16.1. The molecule has 54 heavy (non-hydrogen) atoms. The molecule has 0 heterocycles. The minimum absolute atomic E-state index is 0.178. The van der Waals surface area contributed by atoms with Crippen LogP contribution in [-0.2, 0) is 32.7 Å². The minimum Gasteiger partial charge on any atom is -0.457 e. The van der Waals surface area contributed by atoms with Gasteiger partial charge < -0.3 is 24.6 Å². The second-order valence-electron chi connectivity index (χ2n) is 14.7. The van der Waals surface area contributed by atoms with Crippen LogP contribution in [0.3, 0.4) is 0 Å². The summed E-state index contributed by atoms with van der Waals surface area (Å²) in [5.41, 5.74) is 0. The van der Waals surface area contributed by atoms with Gasteiger partial charge in [0.25, 0.3) is 0 Å². The van der Waals surface area contributed by atoms with E-state index in [-0.39, 0.29) is 12.8 Å². The number of ether oxygens (including phenoxy) is 2. The number of carbonyl (C=O) groups excluding carboxylic acids is 2. The Bertz CT molecular complexity index is 957. The first-order valence-electron chi connectivity index (χ1n) is 21.8. The third kappa shape index (κ3) is 37.4.